The van der Waals surface area contributed by atoms with E-state index in [1.165, 1.54) is 6.26 Å². The minimum absolute atomic E-state index is 0.280. The zero-order chi connectivity index (χ0) is 12.3. The average molecular weight is 234 g/mol. The molecule has 17 heavy (non-hydrogen) atoms. The topological polar surface area (TPSA) is 39.4 Å². The van der Waals surface area contributed by atoms with E-state index in [0.717, 1.165) is 12.8 Å². The van der Waals surface area contributed by atoms with Gasteiger partial charge in [0.05, 0.1) is 12.9 Å². The molecule has 0 N–H and O–H groups in total. The highest BCUT2D eigenvalue weighted by atomic mass is 16.5. The molecule has 0 fully saturated rings. The van der Waals surface area contributed by atoms with E-state index in [9.17, 15) is 4.79 Å². The summed E-state index contributed by atoms with van der Waals surface area (Å²) < 4.78 is 10.4. The molecule has 2 unspecified atom stereocenters. The van der Waals surface area contributed by atoms with E-state index in [1.54, 1.807) is 13.0 Å². The summed E-state index contributed by atoms with van der Waals surface area (Å²) in [6.45, 7) is 4.46. The summed E-state index contributed by atoms with van der Waals surface area (Å²) in [5.41, 5.74) is 0.531. The lowest BCUT2D eigenvalue weighted by Gasteiger charge is -2.24. The van der Waals surface area contributed by atoms with Gasteiger partial charge in [-0.15, -0.1) is 0 Å². The van der Waals surface area contributed by atoms with Gasteiger partial charge in [-0.1, -0.05) is 19.1 Å². The minimum Gasteiger partial charge on any atom is -0.469 e. The van der Waals surface area contributed by atoms with Gasteiger partial charge in [-0.2, -0.15) is 0 Å². The van der Waals surface area contributed by atoms with Crippen LogP contribution in [0.15, 0.2) is 28.9 Å². The molecule has 0 radical (unpaired) electrons. The van der Waals surface area contributed by atoms with Crippen LogP contribution in [0.25, 0.3) is 0 Å². The van der Waals surface area contributed by atoms with Crippen LogP contribution in [0.1, 0.15) is 35.9 Å². The quantitative estimate of drug-likeness (QED) is 0.594. The summed E-state index contributed by atoms with van der Waals surface area (Å²) in [6, 6.07) is 1.65. The Kier molecular flexibility index (Phi) is 3.67. The maximum Gasteiger partial charge on any atom is 0.341 e. The minimum atomic E-state index is -0.280. The second-order valence-electron chi connectivity index (χ2n) is 4.67. The summed E-state index contributed by atoms with van der Waals surface area (Å²) in [6.07, 6.45) is 7.95. The Morgan fingerprint density at radius 2 is 2.24 bits per heavy atom. The van der Waals surface area contributed by atoms with Crippen molar-refractivity contribution in [2.24, 2.45) is 11.8 Å². The third-order valence-corrected chi connectivity index (χ3v) is 3.43. The van der Waals surface area contributed by atoms with Gasteiger partial charge < -0.3 is 9.15 Å². The van der Waals surface area contributed by atoms with Crippen LogP contribution in [-0.4, -0.2) is 12.6 Å². The molecule has 92 valence electrons. The lowest BCUT2D eigenvalue weighted by atomic mass is 9.85. The fourth-order valence-electron chi connectivity index (χ4n) is 2.10. The van der Waals surface area contributed by atoms with Crippen molar-refractivity contribution < 1.29 is 13.9 Å². The number of carbonyl (C=O) groups excluding carboxylic acids is 1. The van der Waals surface area contributed by atoms with E-state index in [0.29, 0.717) is 29.8 Å². The average Bonchev–Trinajstić information content (AvgIpc) is 2.74. The first kappa shape index (κ1) is 12.0. The number of ether oxygens (including phenoxy) is 1. The SMILES string of the molecule is Cc1occc1C(=O)OCC1CC=CCC1C. The number of allylic oxidation sites excluding steroid dienone is 2. The van der Waals surface area contributed by atoms with Crippen molar-refractivity contribution in [1.29, 1.82) is 0 Å². The van der Waals surface area contributed by atoms with Gasteiger partial charge in [-0.3, -0.25) is 0 Å². The predicted molar refractivity (Wildman–Crippen MR) is 64.8 cm³/mol. The first-order valence-electron chi connectivity index (χ1n) is 6.04. The molecule has 0 saturated heterocycles. The van der Waals surface area contributed by atoms with Crippen molar-refractivity contribution in [3.05, 3.63) is 35.8 Å². The highest BCUT2D eigenvalue weighted by Crippen LogP contribution is 2.25. The number of hydrogen-bond acceptors (Lipinski definition) is 3. The van der Waals surface area contributed by atoms with Crippen LogP contribution in [0.5, 0.6) is 0 Å². The fourth-order valence-corrected chi connectivity index (χ4v) is 2.10. The van der Waals surface area contributed by atoms with Gasteiger partial charge in [0.2, 0.25) is 0 Å². The molecule has 0 amide bonds. The molecule has 0 spiro atoms. The molecule has 3 heteroatoms. The van der Waals surface area contributed by atoms with E-state index in [-0.39, 0.29) is 5.97 Å². The van der Waals surface area contributed by atoms with Crippen LogP contribution < -0.4 is 0 Å². The maximum absolute atomic E-state index is 11.8. The molecule has 0 aromatic carbocycles. The van der Waals surface area contributed by atoms with Gasteiger partial charge in [0.1, 0.15) is 11.3 Å². The van der Waals surface area contributed by atoms with Gasteiger partial charge in [-0.05, 0) is 37.7 Å². The number of hydrogen-bond donors (Lipinski definition) is 0. The monoisotopic (exact) mass is 234 g/mol. The molecule has 1 heterocycles. The second kappa shape index (κ2) is 5.21. The van der Waals surface area contributed by atoms with Gasteiger partial charge in [-0.25, -0.2) is 4.79 Å². The Hall–Kier alpha value is -1.51. The van der Waals surface area contributed by atoms with E-state index >= 15 is 0 Å². The summed E-state index contributed by atoms with van der Waals surface area (Å²) in [5.74, 6) is 1.36. The zero-order valence-corrected chi connectivity index (χ0v) is 10.3. The van der Waals surface area contributed by atoms with Crippen LogP contribution in [0, 0.1) is 18.8 Å². The largest absolute Gasteiger partial charge is 0.469 e. The molecule has 1 aliphatic carbocycles. The Morgan fingerprint density at radius 1 is 1.47 bits per heavy atom. The number of esters is 1. The van der Waals surface area contributed by atoms with Crippen molar-refractivity contribution in [3.63, 3.8) is 0 Å². The number of aryl methyl sites for hydroxylation is 1. The first-order chi connectivity index (χ1) is 8.18. The summed E-state index contributed by atoms with van der Waals surface area (Å²) >= 11 is 0. The highest BCUT2D eigenvalue weighted by molar-refractivity contribution is 5.90. The van der Waals surface area contributed by atoms with Crippen LogP contribution in [-0.2, 0) is 4.74 Å². The smallest absolute Gasteiger partial charge is 0.341 e. The fraction of sp³-hybridized carbons (Fsp3) is 0.500. The second-order valence-corrected chi connectivity index (χ2v) is 4.67. The van der Waals surface area contributed by atoms with Crippen molar-refractivity contribution in [2.45, 2.75) is 26.7 Å². The standard InChI is InChI=1S/C14H18O3/c1-10-5-3-4-6-12(10)9-17-14(15)13-7-8-16-11(13)2/h3-4,7-8,10,12H,5-6,9H2,1-2H3. The van der Waals surface area contributed by atoms with Crippen LogP contribution in [0.2, 0.25) is 0 Å². The molecule has 0 bridgehead atoms. The lowest BCUT2D eigenvalue weighted by molar-refractivity contribution is 0.0393. The van der Waals surface area contributed by atoms with Crippen molar-refractivity contribution >= 4 is 5.97 Å². The summed E-state index contributed by atoms with van der Waals surface area (Å²) in [5, 5.41) is 0. The molecular formula is C14H18O3. The molecule has 3 nitrogen and oxygen atoms in total. The molecule has 1 aromatic heterocycles. The predicted octanol–water partition coefficient (Wildman–Crippen LogP) is 3.35. The third-order valence-electron chi connectivity index (χ3n) is 3.43. The van der Waals surface area contributed by atoms with Gasteiger partial charge >= 0.3 is 5.97 Å². The molecule has 1 aromatic rings. The Balaban J connectivity index is 1.88. The van der Waals surface area contributed by atoms with Crippen molar-refractivity contribution in [2.75, 3.05) is 6.61 Å². The normalized spacial score (nSPS) is 23.6. The van der Waals surface area contributed by atoms with E-state index in [4.69, 9.17) is 9.15 Å². The lowest BCUT2D eigenvalue weighted by Crippen LogP contribution is -2.21. The van der Waals surface area contributed by atoms with E-state index in [1.807, 2.05) is 0 Å². The summed E-state index contributed by atoms with van der Waals surface area (Å²) in [7, 11) is 0. The molecule has 0 aliphatic heterocycles. The third kappa shape index (κ3) is 2.78. The zero-order valence-electron chi connectivity index (χ0n) is 10.3. The number of carbonyl (C=O) groups is 1. The Labute approximate surface area is 101 Å². The molecule has 1 aliphatic rings. The van der Waals surface area contributed by atoms with Crippen LogP contribution >= 0.6 is 0 Å². The van der Waals surface area contributed by atoms with Crippen LogP contribution in [0.4, 0.5) is 0 Å². The highest BCUT2D eigenvalue weighted by Gasteiger charge is 2.21. The maximum atomic E-state index is 11.8. The van der Waals surface area contributed by atoms with Gasteiger partial charge in [0.25, 0.3) is 0 Å². The van der Waals surface area contributed by atoms with E-state index in [2.05, 4.69) is 19.1 Å². The Bertz CT molecular complexity index is 417. The number of furan rings is 1. The molecule has 2 atom stereocenters. The van der Waals surface area contributed by atoms with Gasteiger partial charge in [0, 0.05) is 0 Å². The molecular weight excluding hydrogens is 216 g/mol. The van der Waals surface area contributed by atoms with Crippen LogP contribution in [0.3, 0.4) is 0 Å². The first-order valence-corrected chi connectivity index (χ1v) is 6.04. The van der Waals surface area contributed by atoms with E-state index < -0.39 is 0 Å². The Morgan fingerprint density at radius 3 is 2.88 bits per heavy atom. The molecule has 2 rings (SSSR count). The van der Waals surface area contributed by atoms with Crippen molar-refractivity contribution in [1.82, 2.24) is 0 Å². The van der Waals surface area contributed by atoms with Gasteiger partial charge in [0.15, 0.2) is 0 Å². The summed E-state index contributed by atoms with van der Waals surface area (Å²) in [4.78, 5) is 11.8. The number of rotatable bonds is 3. The van der Waals surface area contributed by atoms with Crippen molar-refractivity contribution in [3.8, 4) is 0 Å². The molecule has 0 saturated carbocycles.